The number of aromatic nitrogens is 4. The molecule has 0 amide bonds. The van der Waals surface area contributed by atoms with Crippen LogP contribution in [-0.2, 0) is 0 Å². The van der Waals surface area contributed by atoms with E-state index in [1.54, 1.807) is 0 Å². The van der Waals surface area contributed by atoms with Crippen LogP contribution in [0.3, 0.4) is 0 Å². The molecule has 0 saturated carbocycles. The molecule has 0 fully saturated rings. The average molecular weight is 776 g/mol. The van der Waals surface area contributed by atoms with Gasteiger partial charge in [-0.1, -0.05) is 158 Å². The van der Waals surface area contributed by atoms with Crippen molar-refractivity contribution in [3.8, 4) is 58.0 Å². The normalized spacial score (nSPS) is 11.6. The molecule has 12 rings (SSSR count). The van der Waals surface area contributed by atoms with Crippen molar-refractivity contribution in [2.24, 2.45) is 0 Å². The number of para-hydroxylation sites is 6. The highest BCUT2D eigenvalue weighted by Gasteiger charge is 2.31. The van der Waals surface area contributed by atoms with E-state index < -0.39 is 0 Å². The maximum Gasteiger partial charge on any atom is 0.165 e. The van der Waals surface area contributed by atoms with E-state index in [0.717, 1.165) is 99.2 Å². The van der Waals surface area contributed by atoms with Gasteiger partial charge in [-0.25, -0.2) is 4.98 Å². The number of rotatable bonds is 5. The van der Waals surface area contributed by atoms with Gasteiger partial charge in [-0.3, -0.25) is 9.13 Å². The van der Waals surface area contributed by atoms with Gasteiger partial charge < -0.3 is 4.57 Å². The van der Waals surface area contributed by atoms with E-state index in [-0.39, 0.29) is 0 Å². The van der Waals surface area contributed by atoms with E-state index in [2.05, 4.69) is 196 Å². The third-order valence-electron chi connectivity index (χ3n) is 12.2. The molecule has 8 aromatic carbocycles. The number of terminal acetylenes is 1. The smallest absolute Gasteiger partial charge is 0.165 e. The maximum absolute atomic E-state index is 11.2. The Bertz CT molecular complexity index is 3690. The van der Waals surface area contributed by atoms with Crippen LogP contribution in [0.1, 0.15) is 11.1 Å². The van der Waals surface area contributed by atoms with Gasteiger partial charge in [-0.2, -0.15) is 5.26 Å². The third kappa shape index (κ3) is 4.93. The quantitative estimate of drug-likeness (QED) is 0.164. The van der Waals surface area contributed by atoms with E-state index in [1.807, 2.05) is 24.3 Å². The van der Waals surface area contributed by atoms with Crippen molar-refractivity contribution in [2.45, 2.75) is 0 Å². The lowest BCUT2D eigenvalue weighted by Crippen LogP contribution is -2.14. The Balaban J connectivity index is 1.43. The van der Waals surface area contributed by atoms with Crippen molar-refractivity contribution in [2.75, 3.05) is 0 Å². The van der Waals surface area contributed by atoms with Crippen LogP contribution in [0.25, 0.3) is 105 Å². The highest BCUT2D eigenvalue weighted by Crippen LogP contribution is 2.49. The zero-order chi connectivity index (χ0) is 40.6. The van der Waals surface area contributed by atoms with E-state index in [9.17, 15) is 5.26 Å². The highest BCUT2D eigenvalue weighted by atomic mass is 15.2. The molecule has 0 aliphatic carbocycles. The number of nitriles is 1. The first-order valence-electron chi connectivity index (χ1n) is 20.3. The number of nitrogens with zero attached hydrogens (tertiary/aromatic N) is 5. The summed E-state index contributed by atoms with van der Waals surface area (Å²) in [7, 11) is 0. The maximum atomic E-state index is 11.2. The highest BCUT2D eigenvalue weighted by molar-refractivity contribution is 6.14. The van der Waals surface area contributed by atoms with Gasteiger partial charge in [-0.05, 0) is 48.0 Å². The summed E-state index contributed by atoms with van der Waals surface area (Å²) in [4.78, 5) is 6.07. The molecular weight excluding hydrogens is 743 g/mol. The molecule has 0 radical (unpaired) electrons. The average Bonchev–Trinajstić information content (AvgIpc) is 3.97. The summed E-state index contributed by atoms with van der Waals surface area (Å²) in [5, 5.41) is 17.9. The van der Waals surface area contributed by atoms with E-state index >= 15 is 0 Å². The van der Waals surface area contributed by atoms with Gasteiger partial charge in [0.25, 0.3) is 0 Å². The Labute approximate surface area is 351 Å². The number of benzene rings is 8. The summed E-state index contributed by atoms with van der Waals surface area (Å²) < 4.78 is 6.98. The number of hydrogen-bond donors (Lipinski definition) is 0. The minimum Gasteiger partial charge on any atom is -0.305 e. The van der Waals surface area contributed by atoms with Crippen molar-refractivity contribution >= 4 is 65.4 Å². The second-order valence-corrected chi connectivity index (χ2v) is 15.3. The molecule has 12 aromatic rings. The summed E-state index contributed by atoms with van der Waals surface area (Å²) in [5.74, 6) is 4.30. The molecule has 0 bridgehead atoms. The SMILES string of the molecule is C#Cc1cccc(-c2c(-c3ccccc3)c(-n3c4ccccc4c4ccccc43)nc(-n3c4ccccc4c4ccccc43)c2-n2c3ccccc3c3ccccc32)c1C#N. The lowest BCUT2D eigenvalue weighted by Gasteiger charge is -2.26. The van der Waals surface area contributed by atoms with E-state index in [1.165, 1.54) is 0 Å². The summed E-state index contributed by atoms with van der Waals surface area (Å²) in [6.45, 7) is 0. The molecule has 0 N–H and O–H groups in total. The van der Waals surface area contributed by atoms with Gasteiger partial charge in [0.1, 0.15) is 11.9 Å². The summed E-state index contributed by atoms with van der Waals surface area (Å²) in [6.07, 6.45) is 6.24. The van der Waals surface area contributed by atoms with Gasteiger partial charge in [0.2, 0.25) is 0 Å². The Morgan fingerprint density at radius 1 is 0.393 bits per heavy atom. The topological polar surface area (TPSA) is 51.5 Å². The molecule has 0 aliphatic rings. The molecule has 0 unspecified atom stereocenters. The molecule has 5 heteroatoms. The molecule has 282 valence electrons. The monoisotopic (exact) mass is 775 g/mol. The minimum absolute atomic E-state index is 0.428. The van der Waals surface area contributed by atoms with Crippen LogP contribution in [0.2, 0.25) is 0 Å². The van der Waals surface area contributed by atoms with E-state index in [4.69, 9.17) is 11.4 Å². The van der Waals surface area contributed by atoms with Crippen molar-refractivity contribution in [1.82, 2.24) is 18.7 Å². The van der Waals surface area contributed by atoms with E-state index in [0.29, 0.717) is 16.9 Å². The van der Waals surface area contributed by atoms with Gasteiger partial charge in [0, 0.05) is 54.6 Å². The number of hydrogen-bond acceptors (Lipinski definition) is 2. The Morgan fingerprint density at radius 3 is 1.21 bits per heavy atom. The minimum atomic E-state index is 0.428. The van der Waals surface area contributed by atoms with Crippen molar-refractivity contribution in [3.05, 3.63) is 205 Å². The van der Waals surface area contributed by atoms with Crippen LogP contribution >= 0.6 is 0 Å². The predicted octanol–water partition coefficient (Wildman–Crippen LogP) is 13.6. The van der Waals surface area contributed by atoms with Crippen molar-refractivity contribution in [3.63, 3.8) is 0 Å². The first kappa shape index (κ1) is 34.4. The molecule has 0 aliphatic heterocycles. The summed E-state index contributed by atoms with van der Waals surface area (Å²) >= 11 is 0. The van der Waals surface area contributed by atoms with Gasteiger partial charge in [-0.15, -0.1) is 6.42 Å². The Kier molecular flexibility index (Phi) is 7.59. The first-order chi connectivity index (χ1) is 30.2. The van der Waals surface area contributed by atoms with Crippen LogP contribution in [0.4, 0.5) is 0 Å². The number of pyridine rings is 1. The second kappa shape index (κ2) is 13.5. The Morgan fingerprint density at radius 2 is 0.787 bits per heavy atom. The van der Waals surface area contributed by atoms with Gasteiger partial charge in [0.05, 0.1) is 44.4 Å². The van der Waals surface area contributed by atoms with Crippen LogP contribution in [0, 0.1) is 23.7 Å². The largest absolute Gasteiger partial charge is 0.305 e. The van der Waals surface area contributed by atoms with Crippen molar-refractivity contribution < 1.29 is 0 Å². The zero-order valence-electron chi connectivity index (χ0n) is 32.8. The fourth-order valence-corrected chi connectivity index (χ4v) is 9.69. The fourth-order valence-electron chi connectivity index (χ4n) is 9.69. The van der Waals surface area contributed by atoms with Crippen LogP contribution in [0.15, 0.2) is 194 Å². The molecule has 4 aromatic heterocycles. The predicted molar refractivity (Wildman–Crippen MR) is 251 cm³/mol. The molecule has 61 heavy (non-hydrogen) atoms. The first-order valence-corrected chi connectivity index (χ1v) is 20.3. The third-order valence-corrected chi connectivity index (χ3v) is 12.2. The number of fused-ring (bicyclic) bond motifs is 9. The van der Waals surface area contributed by atoms with Crippen LogP contribution in [-0.4, -0.2) is 18.7 Å². The van der Waals surface area contributed by atoms with Crippen LogP contribution < -0.4 is 0 Å². The summed E-state index contributed by atoms with van der Waals surface area (Å²) in [5.41, 5.74) is 11.3. The molecular formula is C56H33N5. The Hall–Kier alpha value is -8.64. The molecule has 0 atom stereocenters. The second-order valence-electron chi connectivity index (χ2n) is 15.3. The lowest BCUT2D eigenvalue weighted by atomic mass is 9.88. The molecule has 4 heterocycles. The van der Waals surface area contributed by atoms with Crippen molar-refractivity contribution in [1.29, 1.82) is 5.26 Å². The lowest BCUT2D eigenvalue weighted by molar-refractivity contribution is 0.987. The molecule has 5 nitrogen and oxygen atoms in total. The summed E-state index contributed by atoms with van der Waals surface area (Å²) in [6, 6.07) is 70.2. The van der Waals surface area contributed by atoms with Gasteiger partial charge in [0.15, 0.2) is 5.82 Å². The fraction of sp³-hybridized carbons (Fsp3) is 0. The zero-order valence-corrected chi connectivity index (χ0v) is 32.8. The molecule has 0 spiro atoms. The van der Waals surface area contributed by atoms with Crippen LogP contribution in [0.5, 0.6) is 0 Å². The van der Waals surface area contributed by atoms with Gasteiger partial charge >= 0.3 is 0 Å². The standard InChI is InChI=1S/C56H33N5/c1-2-36-21-18-28-44(45(36)35-57)53-52(37-19-4-3-5-20-37)55(60-48-31-14-8-24-40(48)41-25-9-15-32-49(41)60)58-56(61-50-33-16-10-26-42(50)43-27-11-17-34-51(43)61)54(53)59-46-29-12-6-22-38(46)39-23-7-13-30-47(39)59/h1,3-34H. The molecule has 0 saturated heterocycles.